The van der Waals surface area contributed by atoms with E-state index in [0.29, 0.717) is 5.88 Å². The molecule has 1 fully saturated rings. The number of nitrogens with zero attached hydrogens (tertiary/aromatic N) is 1. The maximum Gasteiger partial charge on any atom is 0.0474 e. The third-order valence-electron chi connectivity index (χ3n) is 2.89. The zero-order valence-electron chi connectivity index (χ0n) is 8.76. The van der Waals surface area contributed by atoms with Gasteiger partial charge in [-0.3, -0.25) is 0 Å². The molecule has 0 bridgehead atoms. The number of rotatable bonds is 3. The topological polar surface area (TPSA) is 3.24 Å². The highest BCUT2D eigenvalue weighted by atomic mass is 35.5. The molecule has 1 aromatic carbocycles. The first-order valence-electron chi connectivity index (χ1n) is 5.10. The van der Waals surface area contributed by atoms with E-state index in [4.69, 9.17) is 11.6 Å². The molecule has 0 aromatic heterocycles. The average Bonchev–Trinajstić information content (AvgIpc) is 3.00. The second-order valence-corrected chi connectivity index (χ2v) is 4.36. The summed E-state index contributed by atoms with van der Waals surface area (Å²) >= 11 is 5.79. The van der Waals surface area contributed by atoms with Gasteiger partial charge in [-0.1, -0.05) is 12.1 Å². The van der Waals surface area contributed by atoms with Crippen LogP contribution in [0.15, 0.2) is 18.2 Å². The summed E-state index contributed by atoms with van der Waals surface area (Å²) in [5.41, 5.74) is 3.89. The van der Waals surface area contributed by atoms with Crippen molar-refractivity contribution in [2.45, 2.75) is 31.7 Å². The van der Waals surface area contributed by atoms with Gasteiger partial charge in [-0.25, -0.2) is 0 Å². The van der Waals surface area contributed by atoms with Crippen molar-refractivity contribution in [1.29, 1.82) is 0 Å². The van der Waals surface area contributed by atoms with E-state index in [1.54, 1.807) is 0 Å². The van der Waals surface area contributed by atoms with Gasteiger partial charge in [-0.05, 0) is 37.0 Å². The van der Waals surface area contributed by atoms with Crippen LogP contribution >= 0.6 is 11.6 Å². The smallest absolute Gasteiger partial charge is 0.0474 e. The second kappa shape index (κ2) is 3.82. The molecule has 14 heavy (non-hydrogen) atoms. The predicted molar refractivity (Wildman–Crippen MR) is 62.2 cm³/mol. The minimum atomic E-state index is 0.605. The van der Waals surface area contributed by atoms with Gasteiger partial charge in [0.1, 0.15) is 0 Å². The Hall–Kier alpha value is -0.690. The lowest BCUT2D eigenvalue weighted by Crippen LogP contribution is -2.20. The van der Waals surface area contributed by atoms with Crippen molar-refractivity contribution >= 4 is 17.3 Å². The van der Waals surface area contributed by atoms with Gasteiger partial charge < -0.3 is 4.90 Å². The molecule has 1 aliphatic carbocycles. The Kier molecular flexibility index (Phi) is 2.69. The molecule has 0 aliphatic heterocycles. The molecule has 0 N–H and O–H groups in total. The molecule has 0 heterocycles. The maximum atomic E-state index is 5.79. The zero-order valence-corrected chi connectivity index (χ0v) is 9.51. The first-order chi connectivity index (χ1) is 6.72. The highest BCUT2D eigenvalue weighted by Gasteiger charge is 2.26. The van der Waals surface area contributed by atoms with E-state index in [1.165, 1.54) is 29.7 Å². The van der Waals surface area contributed by atoms with Gasteiger partial charge in [0.25, 0.3) is 0 Å². The van der Waals surface area contributed by atoms with Crippen LogP contribution in [-0.4, -0.2) is 13.1 Å². The van der Waals surface area contributed by atoms with Crippen LogP contribution in [0.25, 0.3) is 0 Å². The lowest BCUT2D eigenvalue weighted by molar-refractivity contribution is 0.910. The molecule has 0 radical (unpaired) electrons. The number of anilines is 1. The van der Waals surface area contributed by atoms with Crippen LogP contribution in [0.4, 0.5) is 5.69 Å². The Morgan fingerprint density at radius 1 is 1.43 bits per heavy atom. The van der Waals surface area contributed by atoms with Gasteiger partial charge in [0.05, 0.1) is 0 Å². The lowest BCUT2D eigenvalue weighted by Gasteiger charge is -2.21. The summed E-state index contributed by atoms with van der Waals surface area (Å²) in [6.45, 7) is 2.16. The first kappa shape index (κ1) is 9.85. The highest BCUT2D eigenvalue weighted by molar-refractivity contribution is 6.17. The summed E-state index contributed by atoms with van der Waals surface area (Å²) in [7, 11) is 2.18. The number of benzene rings is 1. The Morgan fingerprint density at radius 2 is 2.14 bits per heavy atom. The summed E-state index contributed by atoms with van der Waals surface area (Å²) in [6, 6.07) is 7.26. The lowest BCUT2D eigenvalue weighted by atomic mass is 10.1. The Labute approximate surface area is 90.7 Å². The Balaban J connectivity index is 2.24. The van der Waals surface area contributed by atoms with Crippen molar-refractivity contribution in [2.75, 3.05) is 11.9 Å². The van der Waals surface area contributed by atoms with Crippen molar-refractivity contribution in [1.82, 2.24) is 0 Å². The number of aryl methyl sites for hydroxylation is 1. The predicted octanol–water partition coefficient (Wildman–Crippen LogP) is 3.33. The Bertz CT molecular complexity index is 331. The van der Waals surface area contributed by atoms with Gasteiger partial charge in [0.2, 0.25) is 0 Å². The third kappa shape index (κ3) is 1.88. The first-order valence-corrected chi connectivity index (χ1v) is 5.64. The molecule has 0 saturated heterocycles. The molecule has 0 unspecified atom stereocenters. The molecule has 1 aromatic rings. The van der Waals surface area contributed by atoms with Crippen LogP contribution in [0.2, 0.25) is 0 Å². The molecule has 2 rings (SSSR count). The largest absolute Gasteiger partial charge is 0.371 e. The van der Waals surface area contributed by atoms with Crippen molar-refractivity contribution in [3.63, 3.8) is 0 Å². The highest BCUT2D eigenvalue weighted by Crippen LogP contribution is 2.32. The van der Waals surface area contributed by atoms with Crippen LogP contribution in [0, 0.1) is 6.92 Å². The summed E-state index contributed by atoms with van der Waals surface area (Å²) in [5.74, 6) is 0.605. The van der Waals surface area contributed by atoms with Gasteiger partial charge in [0, 0.05) is 24.7 Å². The summed E-state index contributed by atoms with van der Waals surface area (Å²) in [4.78, 5) is 2.38. The molecule has 0 atom stereocenters. The number of hydrogen-bond donors (Lipinski definition) is 0. The zero-order chi connectivity index (χ0) is 10.1. The third-order valence-corrected chi connectivity index (χ3v) is 3.20. The van der Waals surface area contributed by atoms with Crippen LogP contribution in [-0.2, 0) is 5.88 Å². The summed E-state index contributed by atoms with van der Waals surface area (Å²) in [6.07, 6.45) is 2.68. The monoisotopic (exact) mass is 209 g/mol. The van der Waals surface area contributed by atoms with Crippen molar-refractivity contribution < 1.29 is 0 Å². The Morgan fingerprint density at radius 3 is 2.64 bits per heavy atom. The van der Waals surface area contributed by atoms with E-state index in [-0.39, 0.29) is 0 Å². The van der Waals surface area contributed by atoms with Crippen LogP contribution < -0.4 is 4.90 Å². The molecule has 1 aliphatic rings. The van der Waals surface area contributed by atoms with E-state index in [9.17, 15) is 0 Å². The van der Waals surface area contributed by atoms with Crippen LogP contribution in [0.5, 0.6) is 0 Å². The molecule has 1 nitrogen and oxygen atoms in total. The van der Waals surface area contributed by atoms with E-state index in [0.717, 1.165) is 6.04 Å². The van der Waals surface area contributed by atoms with Gasteiger partial charge in [0.15, 0.2) is 0 Å². The fourth-order valence-electron chi connectivity index (χ4n) is 1.85. The molecule has 0 spiro atoms. The van der Waals surface area contributed by atoms with Crippen molar-refractivity contribution in [3.05, 3.63) is 29.3 Å². The number of halogens is 1. The van der Waals surface area contributed by atoms with Gasteiger partial charge in [-0.2, -0.15) is 0 Å². The minimum absolute atomic E-state index is 0.605. The van der Waals surface area contributed by atoms with Gasteiger partial charge >= 0.3 is 0 Å². The van der Waals surface area contributed by atoms with E-state index < -0.39 is 0 Å². The second-order valence-electron chi connectivity index (χ2n) is 4.10. The van der Waals surface area contributed by atoms with Crippen molar-refractivity contribution in [3.8, 4) is 0 Å². The normalized spacial score (nSPS) is 15.6. The molecular weight excluding hydrogens is 194 g/mol. The quantitative estimate of drug-likeness (QED) is 0.691. The number of hydrogen-bond acceptors (Lipinski definition) is 1. The molecular formula is C12H16ClN. The minimum Gasteiger partial charge on any atom is -0.371 e. The van der Waals surface area contributed by atoms with Crippen LogP contribution in [0.3, 0.4) is 0 Å². The van der Waals surface area contributed by atoms with Crippen molar-refractivity contribution in [2.24, 2.45) is 0 Å². The van der Waals surface area contributed by atoms with E-state index >= 15 is 0 Å². The van der Waals surface area contributed by atoms with E-state index in [2.05, 4.69) is 37.1 Å². The SMILES string of the molecule is Cc1cc(CCl)ccc1N(C)C1CC1. The standard InChI is InChI=1S/C12H16ClN/c1-9-7-10(8-13)3-6-12(9)14(2)11-4-5-11/h3,6-7,11H,4-5,8H2,1-2H3. The molecule has 1 saturated carbocycles. The molecule has 0 amide bonds. The van der Waals surface area contributed by atoms with E-state index in [1.807, 2.05) is 0 Å². The fraction of sp³-hybridized carbons (Fsp3) is 0.500. The molecule has 76 valence electrons. The maximum absolute atomic E-state index is 5.79. The van der Waals surface area contributed by atoms with Gasteiger partial charge in [-0.15, -0.1) is 11.6 Å². The van der Waals surface area contributed by atoms with Crippen LogP contribution in [0.1, 0.15) is 24.0 Å². The number of alkyl halides is 1. The molecule has 2 heteroatoms. The summed E-state index contributed by atoms with van der Waals surface area (Å²) < 4.78 is 0. The average molecular weight is 210 g/mol. The fourth-order valence-corrected chi connectivity index (χ4v) is 2.02. The summed E-state index contributed by atoms with van der Waals surface area (Å²) in [5, 5.41) is 0.